The largest absolute Gasteiger partial charge is 0.490 e. The molecule has 0 aromatic heterocycles. The van der Waals surface area contributed by atoms with Crippen LogP contribution in [0.4, 0.5) is 0 Å². The fraction of sp³-hybridized carbons (Fsp3) is 0.588. The first-order chi connectivity index (χ1) is 11.0. The van der Waals surface area contributed by atoms with Gasteiger partial charge in [0.25, 0.3) is 5.91 Å². The van der Waals surface area contributed by atoms with Gasteiger partial charge in [0.15, 0.2) is 0 Å². The Morgan fingerprint density at radius 3 is 2.26 bits per heavy atom. The quantitative estimate of drug-likeness (QED) is 0.827. The molecule has 23 heavy (non-hydrogen) atoms. The summed E-state index contributed by atoms with van der Waals surface area (Å²) < 4.78 is 32.2. The van der Waals surface area contributed by atoms with Gasteiger partial charge in [-0.2, -0.15) is 0 Å². The Morgan fingerprint density at radius 1 is 1.17 bits per heavy atom. The summed E-state index contributed by atoms with van der Waals surface area (Å²) in [5, 5.41) is -0.545. The van der Waals surface area contributed by atoms with Crippen LogP contribution >= 0.6 is 0 Å². The summed E-state index contributed by atoms with van der Waals surface area (Å²) in [6, 6.07) is 6.64. The van der Waals surface area contributed by atoms with Crippen LogP contribution in [0.2, 0.25) is 0 Å². The minimum atomic E-state index is -3.63. The number of amides is 1. The molecule has 1 aromatic rings. The third-order valence-electron chi connectivity index (χ3n) is 4.31. The highest BCUT2D eigenvalue weighted by Crippen LogP contribution is 2.24. The van der Waals surface area contributed by atoms with Gasteiger partial charge in [-0.3, -0.25) is 4.79 Å². The molecule has 0 unspecified atom stereocenters. The normalized spacial score (nSPS) is 15.8. The van der Waals surface area contributed by atoms with Crippen LogP contribution in [-0.4, -0.2) is 25.7 Å². The molecule has 5 nitrogen and oxygen atoms in total. The molecule has 0 radical (unpaired) electrons. The molecule has 0 atom stereocenters. The fourth-order valence-corrected chi connectivity index (χ4v) is 4.30. The molecule has 1 saturated carbocycles. The molecule has 0 aliphatic heterocycles. The number of carbonyl (C=O) groups excluding carboxylic acids is 1. The van der Waals surface area contributed by atoms with E-state index >= 15 is 0 Å². The second-order valence-corrected chi connectivity index (χ2v) is 7.92. The van der Waals surface area contributed by atoms with Gasteiger partial charge >= 0.3 is 0 Å². The molecule has 2 rings (SSSR count). The molecule has 1 aromatic carbocycles. The highest BCUT2D eigenvalue weighted by molar-refractivity contribution is 7.90. The standard InChI is InChI=1S/C17H25NO4S/c1-3-16(4-2)23(20,21)18-17(19)13-9-11-15(12-10-13)22-14-7-5-6-8-14/h9-12,14,16H,3-8H2,1-2H3,(H,18,19). The van der Waals surface area contributed by atoms with E-state index in [-0.39, 0.29) is 6.10 Å². The minimum absolute atomic E-state index is 0.255. The first-order valence-electron chi connectivity index (χ1n) is 8.29. The van der Waals surface area contributed by atoms with Crippen LogP contribution < -0.4 is 9.46 Å². The zero-order chi connectivity index (χ0) is 16.9. The summed E-state index contributed by atoms with van der Waals surface area (Å²) in [4.78, 5) is 12.1. The van der Waals surface area contributed by atoms with Crippen molar-refractivity contribution in [3.05, 3.63) is 29.8 Å². The van der Waals surface area contributed by atoms with Crippen LogP contribution in [0.15, 0.2) is 24.3 Å². The van der Waals surface area contributed by atoms with Gasteiger partial charge in [-0.05, 0) is 62.8 Å². The van der Waals surface area contributed by atoms with E-state index in [9.17, 15) is 13.2 Å². The van der Waals surface area contributed by atoms with Crippen molar-refractivity contribution in [2.75, 3.05) is 0 Å². The third kappa shape index (κ3) is 4.70. The second-order valence-electron chi connectivity index (χ2n) is 5.96. The van der Waals surface area contributed by atoms with Crippen molar-refractivity contribution in [3.8, 4) is 5.75 Å². The summed E-state index contributed by atoms with van der Waals surface area (Å²) in [6.45, 7) is 3.60. The van der Waals surface area contributed by atoms with E-state index in [1.54, 1.807) is 38.1 Å². The van der Waals surface area contributed by atoms with Gasteiger partial charge in [0.1, 0.15) is 5.75 Å². The average molecular weight is 339 g/mol. The van der Waals surface area contributed by atoms with Crippen LogP contribution in [-0.2, 0) is 10.0 Å². The van der Waals surface area contributed by atoms with Crippen LogP contribution in [0.25, 0.3) is 0 Å². The lowest BCUT2D eigenvalue weighted by Crippen LogP contribution is -2.37. The molecular weight excluding hydrogens is 314 g/mol. The first kappa shape index (κ1) is 17.8. The maximum absolute atomic E-state index is 12.1. The van der Waals surface area contributed by atoms with Crippen LogP contribution in [0, 0.1) is 0 Å². The highest BCUT2D eigenvalue weighted by Gasteiger charge is 2.24. The Balaban J connectivity index is 1.99. The lowest BCUT2D eigenvalue weighted by Gasteiger charge is -2.15. The van der Waals surface area contributed by atoms with Gasteiger partial charge in [-0.25, -0.2) is 13.1 Å². The average Bonchev–Trinajstić information content (AvgIpc) is 3.01. The van der Waals surface area contributed by atoms with E-state index in [4.69, 9.17) is 4.74 Å². The van der Waals surface area contributed by atoms with Crippen molar-refractivity contribution in [1.29, 1.82) is 0 Å². The topological polar surface area (TPSA) is 72.5 Å². The number of benzene rings is 1. The van der Waals surface area contributed by atoms with Crippen LogP contribution in [0.1, 0.15) is 62.7 Å². The Kier molecular flexibility index (Phi) is 6.04. The number of ether oxygens (including phenoxy) is 1. The molecule has 0 bridgehead atoms. The summed E-state index contributed by atoms with van der Waals surface area (Å²) >= 11 is 0. The number of carbonyl (C=O) groups is 1. The minimum Gasteiger partial charge on any atom is -0.490 e. The van der Waals surface area contributed by atoms with Gasteiger partial charge in [-0.1, -0.05) is 13.8 Å². The lowest BCUT2D eigenvalue weighted by atomic mass is 10.2. The van der Waals surface area contributed by atoms with Gasteiger partial charge < -0.3 is 4.74 Å². The smallest absolute Gasteiger partial charge is 0.264 e. The van der Waals surface area contributed by atoms with Crippen molar-refractivity contribution in [3.63, 3.8) is 0 Å². The van der Waals surface area contributed by atoms with Crippen molar-refractivity contribution in [2.24, 2.45) is 0 Å². The van der Waals surface area contributed by atoms with Gasteiger partial charge in [0, 0.05) is 5.56 Å². The summed E-state index contributed by atoms with van der Waals surface area (Å²) in [7, 11) is -3.63. The molecule has 128 valence electrons. The molecule has 0 spiro atoms. The highest BCUT2D eigenvalue weighted by atomic mass is 32.2. The van der Waals surface area contributed by atoms with Gasteiger partial charge in [0.2, 0.25) is 10.0 Å². The predicted molar refractivity (Wildman–Crippen MR) is 90.1 cm³/mol. The van der Waals surface area contributed by atoms with E-state index in [2.05, 4.69) is 4.72 Å². The molecule has 1 amide bonds. The van der Waals surface area contributed by atoms with E-state index in [0.29, 0.717) is 18.4 Å². The molecule has 1 aliphatic carbocycles. The molecule has 0 heterocycles. The van der Waals surface area contributed by atoms with E-state index in [0.717, 1.165) is 18.6 Å². The van der Waals surface area contributed by atoms with Crippen molar-refractivity contribution in [2.45, 2.75) is 63.7 Å². The number of hydrogen-bond acceptors (Lipinski definition) is 4. The van der Waals surface area contributed by atoms with E-state index < -0.39 is 21.2 Å². The van der Waals surface area contributed by atoms with Gasteiger partial charge in [-0.15, -0.1) is 0 Å². The number of hydrogen-bond donors (Lipinski definition) is 1. The van der Waals surface area contributed by atoms with Crippen molar-refractivity contribution >= 4 is 15.9 Å². The third-order valence-corrected chi connectivity index (χ3v) is 6.32. The van der Waals surface area contributed by atoms with Crippen molar-refractivity contribution in [1.82, 2.24) is 4.72 Å². The molecule has 1 fully saturated rings. The van der Waals surface area contributed by atoms with E-state index in [1.807, 2.05) is 0 Å². The zero-order valence-electron chi connectivity index (χ0n) is 13.7. The summed E-state index contributed by atoms with van der Waals surface area (Å²) in [6.07, 6.45) is 5.73. The Hall–Kier alpha value is -1.56. The van der Waals surface area contributed by atoms with Crippen molar-refractivity contribution < 1.29 is 17.9 Å². The summed E-state index contributed by atoms with van der Waals surface area (Å²) in [5.74, 6) is 0.126. The number of nitrogens with one attached hydrogen (secondary N) is 1. The molecule has 1 aliphatic rings. The lowest BCUT2D eigenvalue weighted by molar-refractivity contribution is 0.0981. The van der Waals surface area contributed by atoms with Crippen LogP contribution in [0.3, 0.4) is 0 Å². The Bertz CT molecular complexity index is 614. The second kappa shape index (κ2) is 7.81. The summed E-state index contributed by atoms with van der Waals surface area (Å²) in [5.41, 5.74) is 0.318. The Labute approximate surface area is 138 Å². The molecular formula is C17H25NO4S. The maximum Gasteiger partial charge on any atom is 0.264 e. The maximum atomic E-state index is 12.1. The fourth-order valence-electron chi connectivity index (χ4n) is 2.88. The monoisotopic (exact) mass is 339 g/mol. The predicted octanol–water partition coefficient (Wildman–Crippen LogP) is 3.26. The number of rotatable bonds is 7. The van der Waals surface area contributed by atoms with Gasteiger partial charge in [0.05, 0.1) is 11.4 Å². The number of sulfonamides is 1. The SMILES string of the molecule is CCC(CC)S(=O)(=O)NC(=O)c1ccc(OC2CCCC2)cc1. The zero-order valence-corrected chi connectivity index (χ0v) is 14.6. The molecule has 6 heteroatoms. The van der Waals surface area contributed by atoms with E-state index in [1.165, 1.54) is 12.8 Å². The molecule has 1 N–H and O–H groups in total. The Morgan fingerprint density at radius 2 is 1.74 bits per heavy atom. The molecule has 0 saturated heterocycles. The first-order valence-corrected chi connectivity index (χ1v) is 9.83. The van der Waals surface area contributed by atoms with Crippen LogP contribution in [0.5, 0.6) is 5.75 Å².